The Balaban J connectivity index is 1.86. The van der Waals surface area contributed by atoms with E-state index < -0.39 is 0 Å². The van der Waals surface area contributed by atoms with Gasteiger partial charge in [0.2, 0.25) is 5.91 Å². The molecule has 1 amide bonds. The molecule has 1 aromatic heterocycles. The van der Waals surface area contributed by atoms with E-state index in [1.165, 1.54) is 0 Å². The molecule has 0 radical (unpaired) electrons. The van der Waals surface area contributed by atoms with Crippen LogP contribution in [0.1, 0.15) is 32.6 Å². The predicted molar refractivity (Wildman–Crippen MR) is 74.6 cm³/mol. The molecule has 98 valence electrons. The third kappa shape index (κ3) is 3.48. The lowest BCUT2D eigenvalue weighted by molar-refractivity contribution is -0.131. The number of thioether (sulfide) groups is 1. The van der Waals surface area contributed by atoms with Gasteiger partial charge >= 0.3 is 0 Å². The second-order valence-corrected chi connectivity index (χ2v) is 5.65. The Hall–Kier alpha value is -1.03. The SMILES string of the molecule is CCCC(=O)N1CCCC1CSc1ccccn1. The van der Waals surface area contributed by atoms with Crippen molar-refractivity contribution in [1.29, 1.82) is 0 Å². The van der Waals surface area contributed by atoms with Gasteiger partial charge in [0.05, 0.1) is 5.03 Å². The first-order chi connectivity index (χ1) is 8.81. The second-order valence-electron chi connectivity index (χ2n) is 4.61. The molecular formula is C14H20N2OS. The normalized spacial score (nSPS) is 19.2. The van der Waals surface area contributed by atoms with Gasteiger partial charge < -0.3 is 4.90 Å². The van der Waals surface area contributed by atoms with E-state index in [1.807, 2.05) is 24.4 Å². The van der Waals surface area contributed by atoms with E-state index in [4.69, 9.17) is 0 Å². The van der Waals surface area contributed by atoms with Gasteiger partial charge in [0, 0.05) is 31.0 Å². The summed E-state index contributed by atoms with van der Waals surface area (Å²) in [5.74, 6) is 1.29. The van der Waals surface area contributed by atoms with Gasteiger partial charge in [-0.15, -0.1) is 11.8 Å². The summed E-state index contributed by atoms with van der Waals surface area (Å²) in [6.07, 6.45) is 5.72. The fraction of sp³-hybridized carbons (Fsp3) is 0.571. The fourth-order valence-corrected chi connectivity index (χ4v) is 3.33. The van der Waals surface area contributed by atoms with Crippen LogP contribution in [0.5, 0.6) is 0 Å². The number of hydrogen-bond donors (Lipinski definition) is 0. The maximum absolute atomic E-state index is 12.0. The Labute approximate surface area is 113 Å². The Morgan fingerprint density at radius 3 is 3.17 bits per heavy atom. The second kappa shape index (κ2) is 6.78. The standard InChI is InChI=1S/C14H20N2OS/c1-2-6-14(17)16-10-5-7-12(16)11-18-13-8-3-4-9-15-13/h3-4,8-9,12H,2,5-7,10-11H2,1H3. The van der Waals surface area contributed by atoms with E-state index in [-0.39, 0.29) is 0 Å². The molecule has 1 aliphatic rings. The number of rotatable bonds is 5. The molecule has 1 saturated heterocycles. The molecule has 0 saturated carbocycles. The minimum absolute atomic E-state index is 0.321. The molecular weight excluding hydrogens is 244 g/mol. The van der Waals surface area contributed by atoms with Gasteiger partial charge in [-0.3, -0.25) is 4.79 Å². The third-order valence-corrected chi connectivity index (χ3v) is 4.31. The summed E-state index contributed by atoms with van der Waals surface area (Å²) in [4.78, 5) is 18.3. The lowest BCUT2D eigenvalue weighted by Crippen LogP contribution is -2.36. The Kier molecular flexibility index (Phi) is 5.05. The number of pyridine rings is 1. The highest BCUT2D eigenvalue weighted by atomic mass is 32.2. The molecule has 1 aliphatic heterocycles. The average Bonchev–Trinajstić information content (AvgIpc) is 2.86. The number of aromatic nitrogens is 1. The third-order valence-electron chi connectivity index (χ3n) is 3.22. The van der Waals surface area contributed by atoms with Crippen LogP contribution < -0.4 is 0 Å². The van der Waals surface area contributed by atoms with E-state index in [0.717, 1.165) is 36.6 Å². The van der Waals surface area contributed by atoms with Crippen LogP contribution >= 0.6 is 11.8 Å². The van der Waals surface area contributed by atoms with E-state index in [9.17, 15) is 4.79 Å². The van der Waals surface area contributed by atoms with E-state index in [0.29, 0.717) is 18.4 Å². The molecule has 2 heterocycles. The molecule has 4 heteroatoms. The molecule has 1 atom stereocenters. The van der Waals surface area contributed by atoms with Gasteiger partial charge in [-0.05, 0) is 31.4 Å². The molecule has 1 fully saturated rings. The van der Waals surface area contributed by atoms with Crippen LogP contribution in [0.2, 0.25) is 0 Å². The Bertz CT molecular complexity index is 383. The van der Waals surface area contributed by atoms with Gasteiger partial charge in [0.25, 0.3) is 0 Å². The van der Waals surface area contributed by atoms with E-state index in [2.05, 4.69) is 16.8 Å². The van der Waals surface area contributed by atoms with Crippen molar-refractivity contribution < 1.29 is 4.79 Å². The number of hydrogen-bond acceptors (Lipinski definition) is 3. The Morgan fingerprint density at radius 2 is 2.44 bits per heavy atom. The highest BCUT2D eigenvalue weighted by Gasteiger charge is 2.27. The first kappa shape index (κ1) is 13.4. The summed E-state index contributed by atoms with van der Waals surface area (Å²) >= 11 is 1.75. The van der Waals surface area contributed by atoms with Crippen molar-refractivity contribution in [2.24, 2.45) is 0 Å². The van der Waals surface area contributed by atoms with Gasteiger partial charge in [0.15, 0.2) is 0 Å². The largest absolute Gasteiger partial charge is 0.339 e. The van der Waals surface area contributed by atoms with Crippen LogP contribution in [0.15, 0.2) is 29.4 Å². The predicted octanol–water partition coefficient (Wildman–Crippen LogP) is 2.96. The van der Waals surface area contributed by atoms with Crippen LogP contribution in [0.4, 0.5) is 0 Å². The van der Waals surface area contributed by atoms with Crippen LogP contribution in [0, 0.1) is 0 Å². The van der Waals surface area contributed by atoms with Crippen molar-refractivity contribution in [3.63, 3.8) is 0 Å². The van der Waals surface area contributed by atoms with Gasteiger partial charge in [0.1, 0.15) is 0 Å². The molecule has 18 heavy (non-hydrogen) atoms. The molecule has 1 aromatic rings. The topological polar surface area (TPSA) is 33.2 Å². The van der Waals surface area contributed by atoms with Crippen molar-refractivity contribution in [1.82, 2.24) is 9.88 Å². The molecule has 0 aliphatic carbocycles. The lowest BCUT2D eigenvalue weighted by Gasteiger charge is -2.24. The van der Waals surface area contributed by atoms with Crippen LogP contribution in [0.3, 0.4) is 0 Å². The minimum atomic E-state index is 0.321. The fourth-order valence-electron chi connectivity index (χ4n) is 2.31. The summed E-state index contributed by atoms with van der Waals surface area (Å²) in [6, 6.07) is 6.36. The van der Waals surface area contributed by atoms with Crippen LogP contribution in [0.25, 0.3) is 0 Å². The lowest BCUT2D eigenvalue weighted by atomic mass is 10.2. The van der Waals surface area contributed by atoms with Gasteiger partial charge in [-0.1, -0.05) is 13.0 Å². The summed E-state index contributed by atoms with van der Waals surface area (Å²) in [5, 5.41) is 1.05. The average molecular weight is 264 g/mol. The zero-order chi connectivity index (χ0) is 12.8. The smallest absolute Gasteiger partial charge is 0.222 e. The minimum Gasteiger partial charge on any atom is -0.339 e. The number of carbonyl (C=O) groups excluding carboxylic acids is 1. The van der Waals surface area contributed by atoms with Crippen molar-refractivity contribution in [2.75, 3.05) is 12.3 Å². The van der Waals surface area contributed by atoms with Gasteiger partial charge in [-0.25, -0.2) is 4.98 Å². The van der Waals surface area contributed by atoms with Crippen molar-refractivity contribution >= 4 is 17.7 Å². The molecule has 1 unspecified atom stereocenters. The van der Waals surface area contributed by atoms with Crippen molar-refractivity contribution in [2.45, 2.75) is 43.7 Å². The number of nitrogens with zero attached hydrogens (tertiary/aromatic N) is 2. The highest BCUT2D eigenvalue weighted by molar-refractivity contribution is 7.99. The zero-order valence-electron chi connectivity index (χ0n) is 10.8. The number of likely N-dealkylation sites (tertiary alicyclic amines) is 1. The van der Waals surface area contributed by atoms with E-state index in [1.54, 1.807) is 11.8 Å². The maximum atomic E-state index is 12.0. The van der Waals surface area contributed by atoms with Crippen LogP contribution in [-0.4, -0.2) is 34.1 Å². The first-order valence-corrected chi connectivity index (χ1v) is 7.63. The molecule has 2 rings (SSSR count). The van der Waals surface area contributed by atoms with Crippen molar-refractivity contribution in [3.8, 4) is 0 Å². The van der Waals surface area contributed by atoms with Crippen molar-refractivity contribution in [3.05, 3.63) is 24.4 Å². The monoisotopic (exact) mass is 264 g/mol. The first-order valence-electron chi connectivity index (χ1n) is 6.64. The molecule has 0 aromatic carbocycles. The molecule has 0 N–H and O–H groups in total. The van der Waals surface area contributed by atoms with Gasteiger partial charge in [-0.2, -0.15) is 0 Å². The number of carbonyl (C=O) groups is 1. The van der Waals surface area contributed by atoms with Crippen LogP contribution in [-0.2, 0) is 4.79 Å². The summed E-state index contributed by atoms with van der Waals surface area (Å²) in [5.41, 5.74) is 0. The molecule has 0 bridgehead atoms. The summed E-state index contributed by atoms with van der Waals surface area (Å²) in [6.45, 7) is 3.00. The molecule has 3 nitrogen and oxygen atoms in total. The highest BCUT2D eigenvalue weighted by Crippen LogP contribution is 2.25. The summed E-state index contributed by atoms with van der Waals surface area (Å²) < 4.78 is 0. The quantitative estimate of drug-likeness (QED) is 0.767. The summed E-state index contributed by atoms with van der Waals surface area (Å²) in [7, 11) is 0. The number of amides is 1. The zero-order valence-corrected chi connectivity index (χ0v) is 11.7. The van der Waals surface area contributed by atoms with E-state index >= 15 is 0 Å². The molecule has 0 spiro atoms. The Morgan fingerprint density at radius 1 is 1.56 bits per heavy atom. The maximum Gasteiger partial charge on any atom is 0.222 e.